The lowest BCUT2D eigenvalue weighted by Crippen LogP contribution is -2.25. The maximum atomic E-state index is 10.8. The molecule has 0 heterocycles. The summed E-state index contributed by atoms with van der Waals surface area (Å²) in [5, 5.41) is 8.32. The second-order valence-electron chi connectivity index (χ2n) is 2.10. The monoisotopic (exact) mass is 200 g/mol. The van der Waals surface area contributed by atoms with Crippen molar-refractivity contribution in [2.75, 3.05) is 13.2 Å². The SMILES string of the molecule is CC(Cl)(Cl)C(=O)OCCCO. The van der Waals surface area contributed by atoms with Crippen LogP contribution in [0.1, 0.15) is 13.3 Å². The van der Waals surface area contributed by atoms with E-state index in [1.807, 2.05) is 0 Å². The summed E-state index contributed by atoms with van der Waals surface area (Å²) in [6.07, 6.45) is 0.398. The van der Waals surface area contributed by atoms with Crippen LogP contribution in [0, 0.1) is 0 Å². The molecule has 0 aromatic rings. The molecular formula is C6H10Cl2O3. The first kappa shape index (κ1) is 11.0. The predicted octanol–water partition coefficient (Wildman–Crippen LogP) is 1.11. The van der Waals surface area contributed by atoms with Crippen LogP contribution in [0.25, 0.3) is 0 Å². The van der Waals surface area contributed by atoms with Crippen LogP contribution in [0.4, 0.5) is 0 Å². The van der Waals surface area contributed by atoms with E-state index in [0.29, 0.717) is 6.42 Å². The Morgan fingerprint density at radius 1 is 1.64 bits per heavy atom. The molecule has 0 aromatic carbocycles. The third kappa shape index (κ3) is 5.30. The van der Waals surface area contributed by atoms with E-state index in [4.69, 9.17) is 28.3 Å². The Balaban J connectivity index is 3.54. The molecule has 0 amide bonds. The number of carbonyl (C=O) groups excluding carboxylic acids is 1. The Morgan fingerprint density at radius 3 is 2.55 bits per heavy atom. The third-order valence-corrected chi connectivity index (χ3v) is 1.20. The van der Waals surface area contributed by atoms with Crippen LogP contribution < -0.4 is 0 Å². The summed E-state index contributed by atoms with van der Waals surface area (Å²) in [5.41, 5.74) is 0. The fourth-order valence-corrected chi connectivity index (χ4v) is 0.465. The molecule has 0 bridgehead atoms. The molecule has 0 atom stereocenters. The topological polar surface area (TPSA) is 46.5 Å². The van der Waals surface area contributed by atoms with E-state index >= 15 is 0 Å². The van der Waals surface area contributed by atoms with Crippen molar-refractivity contribution in [3.8, 4) is 0 Å². The summed E-state index contributed by atoms with van der Waals surface area (Å²) in [6, 6.07) is 0. The van der Waals surface area contributed by atoms with E-state index in [1.54, 1.807) is 0 Å². The van der Waals surface area contributed by atoms with Crippen molar-refractivity contribution >= 4 is 29.2 Å². The Kier molecular flexibility index (Phi) is 4.81. The fraction of sp³-hybridized carbons (Fsp3) is 0.833. The van der Waals surface area contributed by atoms with Crippen molar-refractivity contribution in [3.05, 3.63) is 0 Å². The molecule has 0 fully saturated rings. The highest BCUT2D eigenvalue weighted by molar-refractivity contribution is 6.57. The first-order valence-corrected chi connectivity index (χ1v) is 3.90. The van der Waals surface area contributed by atoms with Gasteiger partial charge in [0.05, 0.1) is 6.61 Å². The zero-order valence-electron chi connectivity index (χ0n) is 6.14. The lowest BCUT2D eigenvalue weighted by atomic mass is 10.4. The normalized spacial score (nSPS) is 11.3. The number of rotatable bonds is 4. The summed E-state index contributed by atoms with van der Waals surface area (Å²) in [4.78, 5) is 10.8. The summed E-state index contributed by atoms with van der Waals surface area (Å²) >= 11 is 10.8. The molecular weight excluding hydrogens is 191 g/mol. The Hall–Kier alpha value is 0.01000. The molecule has 0 spiro atoms. The number of esters is 1. The maximum absolute atomic E-state index is 10.8. The summed E-state index contributed by atoms with van der Waals surface area (Å²) in [5.74, 6) is -0.686. The quantitative estimate of drug-likeness (QED) is 0.421. The fourth-order valence-electron chi connectivity index (χ4n) is 0.356. The Morgan fingerprint density at radius 2 is 2.18 bits per heavy atom. The molecule has 0 radical (unpaired) electrons. The first-order chi connectivity index (χ1) is 4.98. The number of hydrogen-bond donors (Lipinski definition) is 1. The average Bonchev–Trinajstić information content (AvgIpc) is 1.86. The van der Waals surface area contributed by atoms with Crippen molar-refractivity contribution in [1.29, 1.82) is 0 Å². The van der Waals surface area contributed by atoms with E-state index in [9.17, 15) is 4.79 Å². The first-order valence-electron chi connectivity index (χ1n) is 3.14. The second-order valence-corrected chi connectivity index (χ2v) is 3.81. The van der Waals surface area contributed by atoms with Gasteiger partial charge in [0.15, 0.2) is 0 Å². The largest absolute Gasteiger partial charge is 0.463 e. The number of carbonyl (C=O) groups is 1. The van der Waals surface area contributed by atoms with Crippen LogP contribution in [-0.4, -0.2) is 28.6 Å². The van der Waals surface area contributed by atoms with Gasteiger partial charge in [0.1, 0.15) is 0 Å². The van der Waals surface area contributed by atoms with Crippen molar-refractivity contribution in [2.45, 2.75) is 17.7 Å². The van der Waals surface area contributed by atoms with Gasteiger partial charge in [0.25, 0.3) is 0 Å². The molecule has 0 unspecified atom stereocenters. The number of aliphatic hydroxyl groups excluding tert-OH is 1. The van der Waals surface area contributed by atoms with E-state index in [2.05, 4.69) is 4.74 Å². The molecule has 0 saturated heterocycles. The van der Waals surface area contributed by atoms with Gasteiger partial charge in [-0.1, -0.05) is 23.2 Å². The van der Waals surface area contributed by atoms with Gasteiger partial charge in [0, 0.05) is 13.0 Å². The molecule has 0 aliphatic carbocycles. The van der Waals surface area contributed by atoms with Crippen molar-refractivity contribution < 1.29 is 14.6 Å². The van der Waals surface area contributed by atoms with Crippen LogP contribution in [0.15, 0.2) is 0 Å². The van der Waals surface area contributed by atoms with Crippen LogP contribution in [0.3, 0.4) is 0 Å². The molecule has 0 rings (SSSR count). The molecule has 66 valence electrons. The van der Waals surface area contributed by atoms with Gasteiger partial charge in [-0.2, -0.15) is 0 Å². The smallest absolute Gasteiger partial charge is 0.342 e. The molecule has 0 aliphatic heterocycles. The number of aliphatic hydroxyl groups is 1. The maximum Gasteiger partial charge on any atom is 0.342 e. The lowest BCUT2D eigenvalue weighted by Gasteiger charge is -2.11. The zero-order valence-corrected chi connectivity index (χ0v) is 7.65. The number of hydrogen-bond acceptors (Lipinski definition) is 3. The summed E-state index contributed by atoms with van der Waals surface area (Å²) in [7, 11) is 0. The summed E-state index contributed by atoms with van der Waals surface area (Å²) < 4.78 is 3.09. The molecule has 3 nitrogen and oxygen atoms in total. The predicted molar refractivity (Wildman–Crippen MR) is 42.8 cm³/mol. The molecule has 11 heavy (non-hydrogen) atoms. The molecule has 0 aliphatic rings. The highest BCUT2D eigenvalue weighted by Crippen LogP contribution is 2.20. The second kappa shape index (κ2) is 4.80. The van der Waals surface area contributed by atoms with Gasteiger partial charge in [-0.15, -0.1) is 0 Å². The molecule has 0 aromatic heterocycles. The number of alkyl halides is 2. The van der Waals surface area contributed by atoms with Gasteiger partial charge in [-0.3, -0.25) is 0 Å². The van der Waals surface area contributed by atoms with Crippen LogP contribution >= 0.6 is 23.2 Å². The van der Waals surface area contributed by atoms with Gasteiger partial charge in [0.2, 0.25) is 4.33 Å². The van der Waals surface area contributed by atoms with Crippen molar-refractivity contribution in [1.82, 2.24) is 0 Å². The van der Waals surface area contributed by atoms with Gasteiger partial charge in [-0.25, -0.2) is 4.79 Å². The van der Waals surface area contributed by atoms with E-state index < -0.39 is 10.3 Å². The van der Waals surface area contributed by atoms with Crippen LogP contribution in [0.2, 0.25) is 0 Å². The highest BCUT2D eigenvalue weighted by atomic mass is 35.5. The van der Waals surface area contributed by atoms with Crippen molar-refractivity contribution in [2.24, 2.45) is 0 Å². The Labute approximate surface area is 75.2 Å². The van der Waals surface area contributed by atoms with Gasteiger partial charge >= 0.3 is 5.97 Å². The molecule has 5 heteroatoms. The minimum Gasteiger partial charge on any atom is -0.463 e. The number of halogens is 2. The highest BCUT2D eigenvalue weighted by Gasteiger charge is 2.28. The standard InChI is InChI=1S/C6H10Cl2O3/c1-6(7,8)5(10)11-4-2-3-9/h9H,2-4H2,1H3. The minimum absolute atomic E-state index is 0.0193. The zero-order chi connectivity index (χ0) is 8.91. The van der Waals surface area contributed by atoms with Crippen molar-refractivity contribution in [3.63, 3.8) is 0 Å². The minimum atomic E-state index is -1.49. The molecule has 1 N–H and O–H groups in total. The molecule has 0 saturated carbocycles. The van der Waals surface area contributed by atoms with E-state index in [1.165, 1.54) is 6.92 Å². The van der Waals surface area contributed by atoms with Crippen LogP contribution in [0.5, 0.6) is 0 Å². The summed E-state index contributed by atoms with van der Waals surface area (Å²) in [6.45, 7) is 1.45. The number of ether oxygens (including phenoxy) is 1. The Bertz CT molecular complexity index is 130. The van der Waals surface area contributed by atoms with E-state index in [-0.39, 0.29) is 13.2 Å². The lowest BCUT2D eigenvalue weighted by molar-refractivity contribution is -0.144. The van der Waals surface area contributed by atoms with Crippen LogP contribution in [-0.2, 0) is 9.53 Å². The van der Waals surface area contributed by atoms with Gasteiger partial charge in [-0.05, 0) is 6.92 Å². The third-order valence-electron chi connectivity index (χ3n) is 0.894. The average molecular weight is 201 g/mol. The van der Waals surface area contributed by atoms with Gasteiger partial charge < -0.3 is 9.84 Å². The van der Waals surface area contributed by atoms with E-state index in [0.717, 1.165) is 0 Å².